The highest BCUT2D eigenvalue weighted by molar-refractivity contribution is 5.94. The number of anilines is 1. The Bertz CT molecular complexity index is 470. The molecule has 1 aliphatic heterocycles. The standard InChI is InChI=1S/C14H22N4O2/c1-10(2)8-15-13(19)12-9-16-14(17-11(12)3)18-4-6-20-7-5-18/h9-10H,4-8H2,1-3H3,(H,15,19). The predicted octanol–water partition coefficient (Wildman–Crippen LogP) is 1.01. The Morgan fingerprint density at radius 1 is 1.45 bits per heavy atom. The van der Waals surface area contributed by atoms with Crippen molar-refractivity contribution in [1.29, 1.82) is 0 Å². The fraction of sp³-hybridized carbons (Fsp3) is 0.643. The number of hydrogen-bond acceptors (Lipinski definition) is 5. The minimum Gasteiger partial charge on any atom is -0.378 e. The summed E-state index contributed by atoms with van der Waals surface area (Å²) in [7, 11) is 0. The molecule has 1 aromatic heterocycles. The number of aromatic nitrogens is 2. The summed E-state index contributed by atoms with van der Waals surface area (Å²) in [6.45, 7) is 9.59. The lowest BCUT2D eigenvalue weighted by molar-refractivity contribution is 0.0947. The number of amides is 1. The van der Waals surface area contributed by atoms with Gasteiger partial charge in [0, 0.05) is 25.8 Å². The molecule has 0 atom stereocenters. The minimum atomic E-state index is -0.107. The SMILES string of the molecule is Cc1nc(N2CCOCC2)ncc1C(=O)NCC(C)C. The zero-order valence-electron chi connectivity index (χ0n) is 12.3. The number of nitrogens with one attached hydrogen (secondary N) is 1. The van der Waals surface area contributed by atoms with Crippen LogP contribution in [0.15, 0.2) is 6.20 Å². The summed E-state index contributed by atoms with van der Waals surface area (Å²) in [5, 5.41) is 2.89. The van der Waals surface area contributed by atoms with Crippen LogP contribution in [-0.2, 0) is 4.74 Å². The fourth-order valence-corrected chi connectivity index (χ4v) is 1.99. The first-order valence-corrected chi connectivity index (χ1v) is 7.02. The van der Waals surface area contributed by atoms with Crippen LogP contribution in [0.25, 0.3) is 0 Å². The summed E-state index contributed by atoms with van der Waals surface area (Å²) >= 11 is 0. The summed E-state index contributed by atoms with van der Waals surface area (Å²) in [6, 6.07) is 0. The van der Waals surface area contributed by atoms with Gasteiger partial charge in [-0.3, -0.25) is 4.79 Å². The molecule has 1 amide bonds. The predicted molar refractivity (Wildman–Crippen MR) is 77.0 cm³/mol. The van der Waals surface area contributed by atoms with Crippen molar-refractivity contribution in [2.75, 3.05) is 37.7 Å². The molecule has 0 aromatic carbocycles. The summed E-state index contributed by atoms with van der Waals surface area (Å²) < 4.78 is 5.31. The van der Waals surface area contributed by atoms with Crippen LogP contribution in [-0.4, -0.2) is 48.7 Å². The highest BCUT2D eigenvalue weighted by Crippen LogP contribution is 2.12. The molecule has 20 heavy (non-hydrogen) atoms. The maximum atomic E-state index is 12.0. The Balaban J connectivity index is 2.07. The second-order valence-corrected chi connectivity index (χ2v) is 5.37. The largest absolute Gasteiger partial charge is 0.378 e. The monoisotopic (exact) mass is 278 g/mol. The van der Waals surface area contributed by atoms with Gasteiger partial charge in [0.25, 0.3) is 5.91 Å². The van der Waals surface area contributed by atoms with E-state index in [-0.39, 0.29) is 5.91 Å². The molecule has 0 saturated carbocycles. The Morgan fingerprint density at radius 3 is 2.75 bits per heavy atom. The van der Waals surface area contributed by atoms with Gasteiger partial charge in [0.1, 0.15) is 0 Å². The second-order valence-electron chi connectivity index (χ2n) is 5.37. The molecule has 0 unspecified atom stereocenters. The first-order chi connectivity index (χ1) is 9.58. The zero-order valence-corrected chi connectivity index (χ0v) is 12.3. The van der Waals surface area contributed by atoms with Gasteiger partial charge >= 0.3 is 0 Å². The normalized spacial score (nSPS) is 15.5. The van der Waals surface area contributed by atoms with E-state index in [2.05, 4.69) is 34.0 Å². The van der Waals surface area contributed by atoms with Gasteiger partial charge in [-0.25, -0.2) is 9.97 Å². The smallest absolute Gasteiger partial charge is 0.254 e. The molecule has 0 bridgehead atoms. The van der Waals surface area contributed by atoms with Crippen LogP contribution < -0.4 is 10.2 Å². The quantitative estimate of drug-likeness (QED) is 0.890. The van der Waals surface area contributed by atoms with Crippen LogP contribution in [0.1, 0.15) is 29.9 Å². The van der Waals surface area contributed by atoms with Gasteiger partial charge in [0.2, 0.25) is 5.95 Å². The van der Waals surface area contributed by atoms with Crippen molar-refractivity contribution < 1.29 is 9.53 Å². The first kappa shape index (κ1) is 14.7. The Labute approximate surface area is 119 Å². The topological polar surface area (TPSA) is 67.3 Å². The van der Waals surface area contributed by atoms with E-state index >= 15 is 0 Å². The Kier molecular flexibility index (Phi) is 4.89. The van der Waals surface area contributed by atoms with Crippen molar-refractivity contribution in [1.82, 2.24) is 15.3 Å². The average Bonchev–Trinajstić information content (AvgIpc) is 2.45. The van der Waals surface area contributed by atoms with E-state index in [4.69, 9.17) is 4.74 Å². The summed E-state index contributed by atoms with van der Waals surface area (Å²) in [6.07, 6.45) is 1.61. The fourth-order valence-electron chi connectivity index (χ4n) is 1.99. The molecule has 110 valence electrons. The third-order valence-corrected chi connectivity index (χ3v) is 3.18. The van der Waals surface area contributed by atoms with Crippen molar-refractivity contribution in [3.63, 3.8) is 0 Å². The molecule has 1 fully saturated rings. The van der Waals surface area contributed by atoms with Crippen molar-refractivity contribution in [3.05, 3.63) is 17.5 Å². The first-order valence-electron chi connectivity index (χ1n) is 7.02. The molecule has 0 radical (unpaired) electrons. The highest BCUT2D eigenvalue weighted by atomic mass is 16.5. The number of ether oxygens (including phenoxy) is 1. The maximum Gasteiger partial charge on any atom is 0.254 e. The molecule has 1 aromatic rings. The van der Waals surface area contributed by atoms with Gasteiger partial charge in [0.15, 0.2) is 0 Å². The second kappa shape index (κ2) is 6.65. The van der Waals surface area contributed by atoms with E-state index in [0.29, 0.717) is 42.9 Å². The van der Waals surface area contributed by atoms with Gasteiger partial charge in [-0.05, 0) is 12.8 Å². The van der Waals surface area contributed by atoms with Crippen molar-refractivity contribution in [2.24, 2.45) is 5.92 Å². The minimum absolute atomic E-state index is 0.107. The van der Waals surface area contributed by atoms with Crippen LogP contribution in [0.4, 0.5) is 5.95 Å². The summed E-state index contributed by atoms with van der Waals surface area (Å²) in [5.74, 6) is 0.990. The van der Waals surface area contributed by atoms with Gasteiger partial charge in [-0.2, -0.15) is 0 Å². The Morgan fingerprint density at radius 2 is 2.15 bits per heavy atom. The number of carbonyl (C=O) groups is 1. The van der Waals surface area contributed by atoms with E-state index in [0.717, 1.165) is 13.1 Å². The van der Waals surface area contributed by atoms with Gasteiger partial charge in [-0.15, -0.1) is 0 Å². The van der Waals surface area contributed by atoms with Crippen molar-refractivity contribution in [2.45, 2.75) is 20.8 Å². The van der Waals surface area contributed by atoms with Crippen LogP contribution in [0, 0.1) is 12.8 Å². The van der Waals surface area contributed by atoms with Gasteiger partial charge < -0.3 is 15.0 Å². The van der Waals surface area contributed by atoms with Crippen LogP contribution >= 0.6 is 0 Å². The van der Waals surface area contributed by atoms with Crippen LogP contribution in [0.3, 0.4) is 0 Å². The van der Waals surface area contributed by atoms with Crippen molar-refractivity contribution >= 4 is 11.9 Å². The molecule has 0 aliphatic carbocycles. The van der Waals surface area contributed by atoms with E-state index in [1.807, 2.05) is 6.92 Å². The molecule has 0 spiro atoms. The van der Waals surface area contributed by atoms with Gasteiger partial charge in [-0.1, -0.05) is 13.8 Å². The van der Waals surface area contributed by atoms with E-state index in [1.165, 1.54) is 0 Å². The number of carbonyl (C=O) groups excluding carboxylic acids is 1. The summed E-state index contributed by atoms with van der Waals surface area (Å²) in [5.41, 5.74) is 1.26. The third kappa shape index (κ3) is 3.66. The molecular weight excluding hydrogens is 256 g/mol. The molecule has 6 heteroatoms. The maximum absolute atomic E-state index is 12.0. The van der Waals surface area contributed by atoms with E-state index in [1.54, 1.807) is 6.20 Å². The third-order valence-electron chi connectivity index (χ3n) is 3.18. The van der Waals surface area contributed by atoms with Crippen molar-refractivity contribution in [3.8, 4) is 0 Å². The zero-order chi connectivity index (χ0) is 14.5. The lowest BCUT2D eigenvalue weighted by atomic mass is 10.2. The number of morpholine rings is 1. The molecule has 1 aliphatic rings. The molecule has 2 rings (SSSR count). The summed E-state index contributed by atoms with van der Waals surface area (Å²) in [4.78, 5) is 22.9. The lowest BCUT2D eigenvalue weighted by Crippen LogP contribution is -2.37. The molecule has 1 N–H and O–H groups in total. The molecule has 2 heterocycles. The number of aryl methyl sites for hydroxylation is 1. The lowest BCUT2D eigenvalue weighted by Gasteiger charge is -2.27. The highest BCUT2D eigenvalue weighted by Gasteiger charge is 2.17. The number of rotatable bonds is 4. The van der Waals surface area contributed by atoms with Crippen LogP contribution in [0.2, 0.25) is 0 Å². The Hall–Kier alpha value is -1.69. The number of nitrogens with zero attached hydrogens (tertiary/aromatic N) is 3. The van der Waals surface area contributed by atoms with Crippen LogP contribution in [0.5, 0.6) is 0 Å². The van der Waals surface area contributed by atoms with E-state index in [9.17, 15) is 4.79 Å². The van der Waals surface area contributed by atoms with E-state index < -0.39 is 0 Å². The molecular formula is C14H22N4O2. The average molecular weight is 278 g/mol. The van der Waals surface area contributed by atoms with Gasteiger partial charge in [0.05, 0.1) is 24.5 Å². The molecule has 6 nitrogen and oxygen atoms in total. The number of hydrogen-bond donors (Lipinski definition) is 1. The molecule has 1 saturated heterocycles.